The lowest BCUT2D eigenvalue weighted by molar-refractivity contribution is -0.132. The fourth-order valence-corrected chi connectivity index (χ4v) is 1.58. The van der Waals surface area contributed by atoms with E-state index in [1.165, 1.54) is 6.08 Å². The highest BCUT2D eigenvalue weighted by atomic mass is 16.5. The van der Waals surface area contributed by atoms with E-state index < -0.39 is 12.1 Å². The van der Waals surface area contributed by atoms with Crippen LogP contribution in [-0.2, 0) is 9.53 Å². The molecule has 1 aromatic carbocycles. The Morgan fingerprint density at radius 2 is 2.12 bits per heavy atom. The molecule has 0 fully saturated rings. The van der Waals surface area contributed by atoms with Gasteiger partial charge in [0.05, 0.1) is 0 Å². The van der Waals surface area contributed by atoms with Crippen molar-refractivity contribution < 1.29 is 14.6 Å². The molecule has 3 heteroatoms. The molecule has 0 bridgehead atoms. The lowest BCUT2D eigenvalue weighted by Gasteiger charge is -2.06. The summed E-state index contributed by atoms with van der Waals surface area (Å²) in [6, 6.07) is 7.28. The van der Waals surface area contributed by atoms with Crippen LogP contribution in [0.1, 0.15) is 24.2 Å². The van der Waals surface area contributed by atoms with Crippen molar-refractivity contribution >= 4 is 11.7 Å². The summed E-state index contributed by atoms with van der Waals surface area (Å²) in [7, 11) is 0. The molecule has 1 atom stereocenters. The van der Waals surface area contributed by atoms with E-state index in [9.17, 15) is 9.90 Å². The van der Waals surface area contributed by atoms with E-state index in [4.69, 9.17) is 4.74 Å². The minimum absolute atomic E-state index is 0.333. The van der Waals surface area contributed by atoms with Crippen molar-refractivity contribution in [2.45, 2.75) is 13.0 Å². The second kappa shape index (κ2) is 3.94. The molecular weight excluding hydrogens is 204 g/mol. The molecule has 0 aromatic heterocycles. The SMILES string of the molecule is C=C(C)C(=O)OC1=CC(O)c2ccccc21. The molecule has 1 N–H and O–H groups in total. The van der Waals surface area contributed by atoms with Gasteiger partial charge in [-0.2, -0.15) is 0 Å². The minimum atomic E-state index is -0.705. The van der Waals surface area contributed by atoms with Crippen molar-refractivity contribution in [1.82, 2.24) is 0 Å². The highest BCUT2D eigenvalue weighted by Gasteiger charge is 2.23. The maximum absolute atomic E-state index is 11.4. The molecule has 0 aliphatic heterocycles. The smallest absolute Gasteiger partial charge is 0.338 e. The predicted molar refractivity (Wildman–Crippen MR) is 60.3 cm³/mol. The van der Waals surface area contributed by atoms with Crippen molar-refractivity contribution in [3.63, 3.8) is 0 Å². The zero-order valence-electron chi connectivity index (χ0n) is 8.93. The van der Waals surface area contributed by atoms with Gasteiger partial charge in [-0.3, -0.25) is 0 Å². The molecular formula is C13H12O3. The number of hydrogen-bond acceptors (Lipinski definition) is 3. The number of esters is 1. The third-order valence-corrected chi connectivity index (χ3v) is 2.41. The third kappa shape index (κ3) is 1.77. The first-order chi connectivity index (χ1) is 7.59. The first kappa shape index (κ1) is 10.6. The van der Waals surface area contributed by atoms with E-state index in [1.54, 1.807) is 13.0 Å². The number of aliphatic hydroxyl groups is 1. The van der Waals surface area contributed by atoms with Crippen molar-refractivity contribution in [3.8, 4) is 0 Å². The van der Waals surface area contributed by atoms with Crippen molar-refractivity contribution in [1.29, 1.82) is 0 Å². The largest absolute Gasteiger partial charge is 0.423 e. The third-order valence-electron chi connectivity index (χ3n) is 2.41. The van der Waals surface area contributed by atoms with Crippen LogP contribution in [-0.4, -0.2) is 11.1 Å². The van der Waals surface area contributed by atoms with Crippen LogP contribution in [0.2, 0.25) is 0 Å². The summed E-state index contributed by atoms with van der Waals surface area (Å²) in [5, 5.41) is 9.71. The Balaban J connectivity index is 2.29. The summed E-state index contributed by atoms with van der Waals surface area (Å²) < 4.78 is 5.13. The number of fused-ring (bicyclic) bond motifs is 1. The van der Waals surface area contributed by atoms with E-state index in [-0.39, 0.29) is 0 Å². The van der Waals surface area contributed by atoms with Gasteiger partial charge in [-0.15, -0.1) is 0 Å². The Morgan fingerprint density at radius 3 is 2.81 bits per heavy atom. The van der Waals surface area contributed by atoms with Crippen LogP contribution in [0.15, 0.2) is 42.5 Å². The number of aliphatic hydroxyl groups excluding tert-OH is 1. The maximum atomic E-state index is 11.4. The van der Waals surface area contributed by atoms with Gasteiger partial charge in [-0.25, -0.2) is 4.79 Å². The van der Waals surface area contributed by atoms with Crippen molar-refractivity contribution in [2.24, 2.45) is 0 Å². The molecule has 1 unspecified atom stereocenters. The highest BCUT2D eigenvalue weighted by Crippen LogP contribution is 2.34. The average molecular weight is 216 g/mol. The van der Waals surface area contributed by atoms with Gasteiger partial charge in [0.25, 0.3) is 0 Å². The van der Waals surface area contributed by atoms with Crippen LogP contribution in [0.4, 0.5) is 0 Å². The quantitative estimate of drug-likeness (QED) is 0.609. The fourth-order valence-electron chi connectivity index (χ4n) is 1.58. The molecule has 1 aliphatic rings. The zero-order valence-corrected chi connectivity index (χ0v) is 8.93. The molecule has 1 aliphatic carbocycles. The first-order valence-electron chi connectivity index (χ1n) is 4.96. The average Bonchev–Trinajstić information content (AvgIpc) is 2.57. The molecule has 1 aromatic rings. The maximum Gasteiger partial charge on any atom is 0.338 e. The molecule has 3 nitrogen and oxygen atoms in total. The molecule has 0 amide bonds. The molecule has 0 spiro atoms. The predicted octanol–water partition coefficient (Wildman–Crippen LogP) is 2.19. The number of benzene rings is 1. The molecule has 2 rings (SSSR count). The van der Waals surface area contributed by atoms with Gasteiger partial charge in [0.2, 0.25) is 0 Å². The van der Waals surface area contributed by atoms with E-state index >= 15 is 0 Å². The van der Waals surface area contributed by atoms with Gasteiger partial charge in [0, 0.05) is 11.1 Å². The van der Waals surface area contributed by atoms with E-state index in [2.05, 4.69) is 6.58 Å². The lowest BCUT2D eigenvalue weighted by atomic mass is 10.1. The van der Waals surface area contributed by atoms with Gasteiger partial charge < -0.3 is 9.84 Å². The molecule has 0 saturated heterocycles. The summed E-state index contributed by atoms with van der Waals surface area (Å²) in [6.07, 6.45) is 0.815. The normalized spacial score (nSPS) is 17.6. The van der Waals surface area contributed by atoms with Crippen LogP contribution in [0.3, 0.4) is 0 Å². The standard InChI is InChI=1S/C13H12O3/c1-8(2)13(15)16-12-7-11(14)9-5-3-4-6-10(9)12/h3-7,11,14H,1H2,2H3. The van der Waals surface area contributed by atoms with Gasteiger partial charge in [-0.1, -0.05) is 30.8 Å². The Hall–Kier alpha value is -1.87. The van der Waals surface area contributed by atoms with Crippen LogP contribution in [0.25, 0.3) is 5.76 Å². The fraction of sp³-hybridized carbons (Fsp3) is 0.154. The van der Waals surface area contributed by atoms with Crippen LogP contribution in [0.5, 0.6) is 0 Å². The highest BCUT2D eigenvalue weighted by molar-refractivity contribution is 5.92. The molecule has 82 valence electrons. The lowest BCUT2D eigenvalue weighted by Crippen LogP contribution is -2.03. The number of carbonyl (C=O) groups excluding carboxylic acids is 1. The van der Waals surface area contributed by atoms with Gasteiger partial charge in [0.15, 0.2) is 0 Å². The summed E-state index contributed by atoms with van der Waals surface area (Å²) in [5.74, 6) is -0.0775. The Labute approximate surface area is 93.7 Å². The number of rotatable bonds is 2. The molecule has 16 heavy (non-hydrogen) atoms. The van der Waals surface area contributed by atoms with Crippen LogP contribution in [0, 0.1) is 0 Å². The Morgan fingerprint density at radius 1 is 1.44 bits per heavy atom. The second-order valence-corrected chi connectivity index (χ2v) is 3.73. The summed E-state index contributed by atoms with van der Waals surface area (Å²) in [6.45, 7) is 5.09. The summed E-state index contributed by atoms with van der Waals surface area (Å²) in [4.78, 5) is 11.4. The van der Waals surface area contributed by atoms with E-state index in [0.717, 1.165) is 11.1 Å². The Bertz CT molecular complexity index is 486. The van der Waals surface area contributed by atoms with Gasteiger partial charge in [0.1, 0.15) is 11.9 Å². The zero-order chi connectivity index (χ0) is 11.7. The Kier molecular flexibility index (Phi) is 2.62. The van der Waals surface area contributed by atoms with E-state index in [0.29, 0.717) is 11.3 Å². The number of carbonyl (C=O) groups is 1. The molecule has 0 radical (unpaired) electrons. The van der Waals surface area contributed by atoms with Crippen molar-refractivity contribution in [3.05, 3.63) is 53.6 Å². The molecule has 0 saturated carbocycles. The summed E-state index contributed by atoms with van der Waals surface area (Å²) in [5.41, 5.74) is 1.84. The van der Waals surface area contributed by atoms with Gasteiger partial charge in [-0.05, 0) is 18.6 Å². The van der Waals surface area contributed by atoms with E-state index in [1.807, 2.05) is 18.2 Å². The topological polar surface area (TPSA) is 46.5 Å². The minimum Gasteiger partial charge on any atom is -0.423 e. The summed E-state index contributed by atoms with van der Waals surface area (Å²) >= 11 is 0. The number of ether oxygens (including phenoxy) is 1. The monoisotopic (exact) mass is 216 g/mol. The van der Waals surface area contributed by atoms with Crippen molar-refractivity contribution in [2.75, 3.05) is 0 Å². The second-order valence-electron chi connectivity index (χ2n) is 3.73. The number of hydrogen-bond donors (Lipinski definition) is 1. The molecule has 0 heterocycles. The van der Waals surface area contributed by atoms with Crippen LogP contribution >= 0.6 is 0 Å². The van der Waals surface area contributed by atoms with Gasteiger partial charge >= 0.3 is 5.97 Å². The first-order valence-corrected chi connectivity index (χ1v) is 4.96. The van der Waals surface area contributed by atoms with Crippen LogP contribution < -0.4 is 0 Å².